The van der Waals surface area contributed by atoms with E-state index in [0.29, 0.717) is 18.9 Å². The van der Waals surface area contributed by atoms with Crippen molar-refractivity contribution in [1.82, 2.24) is 0 Å². The van der Waals surface area contributed by atoms with E-state index in [-0.39, 0.29) is 11.2 Å². The highest BCUT2D eigenvalue weighted by molar-refractivity contribution is 8.00. The van der Waals surface area contributed by atoms with Gasteiger partial charge in [-0.05, 0) is 24.6 Å². The number of carbonyl (C=O) groups excluding carboxylic acids is 1. The Labute approximate surface area is 112 Å². The highest BCUT2D eigenvalue weighted by Crippen LogP contribution is 2.29. The first-order chi connectivity index (χ1) is 8.71. The molecule has 1 aromatic carbocycles. The minimum Gasteiger partial charge on any atom is -0.497 e. The number of hydrogen-bond acceptors (Lipinski definition) is 5. The Balaban J connectivity index is 2.62. The van der Waals surface area contributed by atoms with Crippen LogP contribution in [0.5, 0.6) is 5.75 Å². The van der Waals surface area contributed by atoms with Gasteiger partial charge >= 0.3 is 5.97 Å². The number of rotatable bonds is 7. The van der Waals surface area contributed by atoms with Crippen LogP contribution in [0.4, 0.5) is 0 Å². The predicted molar refractivity (Wildman–Crippen MR) is 73.9 cm³/mol. The van der Waals surface area contributed by atoms with Gasteiger partial charge in [-0.15, -0.1) is 11.8 Å². The van der Waals surface area contributed by atoms with Crippen LogP contribution < -0.4 is 10.5 Å². The van der Waals surface area contributed by atoms with Gasteiger partial charge in [0.2, 0.25) is 0 Å². The van der Waals surface area contributed by atoms with Gasteiger partial charge in [-0.3, -0.25) is 4.79 Å². The molecule has 0 saturated carbocycles. The summed E-state index contributed by atoms with van der Waals surface area (Å²) in [6.45, 7) is 2.67. The molecule has 100 valence electrons. The Hall–Kier alpha value is -1.20. The summed E-state index contributed by atoms with van der Waals surface area (Å²) in [6, 6.07) is 7.72. The van der Waals surface area contributed by atoms with E-state index in [9.17, 15) is 4.79 Å². The monoisotopic (exact) mass is 269 g/mol. The first-order valence-electron chi connectivity index (χ1n) is 5.82. The molecule has 0 amide bonds. The van der Waals surface area contributed by atoms with Gasteiger partial charge < -0.3 is 15.2 Å². The van der Waals surface area contributed by atoms with E-state index >= 15 is 0 Å². The molecule has 0 spiro atoms. The van der Waals surface area contributed by atoms with Gasteiger partial charge in [-0.2, -0.15) is 0 Å². The first kappa shape index (κ1) is 14.9. The van der Waals surface area contributed by atoms with Crippen LogP contribution in [-0.4, -0.2) is 32.0 Å². The zero-order valence-corrected chi connectivity index (χ0v) is 11.5. The molecule has 0 fully saturated rings. The Bertz CT molecular complexity index is 384. The summed E-state index contributed by atoms with van der Waals surface area (Å²) in [5, 5.41) is 0.0736. The quantitative estimate of drug-likeness (QED) is 0.767. The van der Waals surface area contributed by atoms with E-state index in [1.54, 1.807) is 14.0 Å². The van der Waals surface area contributed by atoms with E-state index in [1.807, 2.05) is 24.3 Å². The van der Waals surface area contributed by atoms with Crippen LogP contribution in [0.25, 0.3) is 0 Å². The van der Waals surface area contributed by atoms with Crippen molar-refractivity contribution in [3.05, 3.63) is 29.8 Å². The summed E-state index contributed by atoms with van der Waals surface area (Å²) in [4.78, 5) is 11.3. The number of carbonyl (C=O) groups is 1. The molecule has 0 saturated heterocycles. The molecule has 1 atom stereocenters. The average Bonchev–Trinajstić information content (AvgIpc) is 2.40. The second kappa shape index (κ2) is 8.00. The fourth-order valence-electron chi connectivity index (χ4n) is 1.51. The largest absolute Gasteiger partial charge is 0.497 e. The molecule has 0 heterocycles. The highest BCUT2D eigenvalue weighted by atomic mass is 32.2. The van der Waals surface area contributed by atoms with E-state index in [0.717, 1.165) is 11.3 Å². The fourth-order valence-corrected chi connectivity index (χ4v) is 2.41. The van der Waals surface area contributed by atoms with Crippen LogP contribution in [-0.2, 0) is 9.53 Å². The lowest BCUT2D eigenvalue weighted by Crippen LogP contribution is -2.14. The Morgan fingerprint density at radius 2 is 2.28 bits per heavy atom. The van der Waals surface area contributed by atoms with Gasteiger partial charge in [0.05, 0.1) is 19.5 Å². The molecular formula is C13H19NO3S. The molecule has 4 nitrogen and oxygen atoms in total. The molecule has 1 aromatic rings. The molecule has 0 bridgehead atoms. The van der Waals surface area contributed by atoms with Crippen molar-refractivity contribution in [3.8, 4) is 5.75 Å². The standard InChI is InChI=1S/C13H19NO3S/c1-3-17-13(15)9-18-12(8-14)10-5-4-6-11(7-10)16-2/h4-7,12H,3,8-9,14H2,1-2H3. The van der Waals surface area contributed by atoms with Crippen LogP contribution in [0.1, 0.15) is 17.7 Å². The molecule has 0 radical (unpaired) electrons. The summed E-state index contributed by atoms with van der Waals surface area (Å²) in [6.07, 6.45) is 0. The first-order valence-corrected chi connectivity index (χ1v) is 6.87. The zero-order chi connectivity index (χ0) is 13.4. The Morgan fingerprint density at radius 1 is 1.50 bits per heavy atom. The maximum absolute atomic E-state index is 11.3. The molecule has 1 rings (SSSR count). The van der Waals surface area contributed by atoms with E-state index in [2.05, 4.69) is 0 Å². The van der Waals surface area contributed by atoms with Crippen LogP contribution in [0, 0.1) is 0 Å². The number of benzene rings is 1. The second-order valence-corrected chi connectivity index (χ2v) is 4.81. The number of nitrogens with two attached hydrogens (primary N) is 1. The topological polar surface area (TPSA) is 61.5 Å². The van der Waals surface area contributed by atoms with Gasteiger partial charge in [0.25, 0.3) is 0 Å². The number of methoxy groups -OCH3 is 1. The molecule has 1 unspecified atom stereocenters. The third kappa shape index (κ3) is 4.58. The van der Waals surface area contributed by atoms with Gasteiger partial charge in [-0.1, -0.05) is 12.1 Å². The van der Waals surface area contributed by atoms with Crippen LogP contribution in [0.15, 0.2) is 24.3 Å². The Morgan fingerprint density at radius 3 is 2.89 bits per heavy atom. The maximum atomic E-state index is 11.3. The number of thioether (sulfide) groups is 1. The van der Waals surface area contributed by atoms with Crippen molar-refractivity contribution in [2.45, 2.75) is 12.2 Å². The summed E-state index contributed by atoms with van der Waals surface area (Å²) in [5.41, 5.74) is 6.80. The SMILES string of the molecule is CCOC(=O)CSC(CN)c1cccc(OC)c1. The Kier molecular flexibility index (Phi) is 6.60. The van der Waals surface area contributed by atoms with Gasteiger partial charge in [-0.25, -0.2) is 0 Å². The normalized spacial score (nSPS) is 11.9. The molecule has 18 heavy (non-hydrogen) atoms. The lowest BCUT2D eigenvalue weighted by Gasteiger charge is -2.15. The molecule has 2 N–H and O–H groups in total. The van der Waals surface area contributed by atoms with E-state index in [1.165, 1.54) is 11.8 Å². The second-order valence-electron chi connectivity index (χ2n) is 3.62. The van der Waals surface area contributed by atoms with Crippen molar-refractivity contribution in [2.24, 2.45) is 5.73 Å². The van der Waals surface area contributed by atoms with Gasteiger partial charge in [0.1, 0.15) is 5.75 Å². The third-order valence-corrected chi connectivity index (χ3v) is 3.66. The van der Waals surface area contributed by atoms with E-state index < -0.39 is 0 Å². The summed E-state index contributed by atoms with van der Waals surface area (Å²) in [5.74, 6) is 0.902. The van der Waals surface area contributed by atoms with Crippen molar-refractivity contribution >= 4 is 17.7 Å². The predicted octanol–water partition coefficient (Wildman–Crippen LogP) is 1.99. The summed E-state index contributed by atoms with van der Waals surface area (Å²) < 4.78 is 10.1. The molecule has 0 aliphatic rings. The van der Waals surface area contributed by atoms with E-state index in [4.69, 9.17) is 15.2 Å². The van der Waals surface area contributed by atoms with Crippen LogP contribution >= 0.6 is 11.8 Å². The smallest absolute Gasteiger partial charge is 0.315 e. The minimum absolute atomic E-state index is 0.0736. The van der Waals surface area contributed by atoms with Gasteiger partial charge in [0, 0.05) is 11.8 Å². The van der Waals surface area contributed by atoms with Crippen LogP contribution in [0.3, 0.4) is 0 Å². The fraction of sp³-hybridized carbons (Fsp3) is 0.462. The number of esters is 1. The average molecular weight is 269 g/mol. The lowest BCUT2D eigenvalue weighted by atomic mass is 10.1. The van der Waals surface area contributed by atoms with Crippen molar-refractivity contribution in [2.75, 3.05) is 26.0 Å². The number of ether oxygens (including phenoxy) is 2. The van der Waals surface area contributed by atoms with Crippen LogP contribution in [0.2, 0.25) is 0 Å². The maximum Gasteiger partial charge on any atom is 0.315 e. The summed E-state index contributed by atoms with van der Waals surface area (Å²) >= 11 is 1.49. The van der Waals surface area contributed by atoms with Crippen molar-refractivity contribution in [3.63, 3.8) is 0 Å². The highest BCUT2D eigenvalue weighted by Gasteiger charge is 2.13. The number of hydrogen-bond donors (Lipinski definition) is 1. The van der Waals surface area contributed by atoms with Gasteiger partial charge in [0.15, 0.2) is 0 Å². The molecule has 0 aromatic heterocycles. The lowest BCUT2D eigenvalue weighted by molar-refractivity contribution is -0.139. The van der Waals surface area contributed by atoms with Crippen molar-refractivity contribution < 1.29 is 14.3 Å². The molecule has 0 aliphatic carbocycles. The van der Waals surface area contributed by atoms with Crippen molar-refractivity contribution in [1.29, 1.82) is 0 Å². The summed E-state index contributed by atoms with van der Waals surface area (Å²) in [7, 11) is 1.63. The minimum atomic E-state index is -0.205. The molecule has 0 aliphatic heterocycles. The zero-order valence-electron chi connectivity index (χ0n) is 10.7. The third-order valence-electron chi connectivity index (χ3n) is 2.39. The molecular weight excluding hydrogens is 250 g/mol. The molecule has 5 heteroatoms.